The predicted molar refractivity (Wildman–Crippen MR) is 118 cm³/mol. The molecule has 0 fully saturated rings. The van der Waals surface area contributed by atoms with Crippen molar-refractivity contribution < 1.29 is 4.79 Å². The standard InChI is InChI=1S/C25H46O/c1-5-9-11-13-15-17-19-23(7-3)21-25(26)22-24(8-4)20-18-16-14-12-10-6-2/h21-22H,5-20H2,1-4H3. The van der Waals surface area contributed by atoms with Gasteiger partial charge < -0.3 is 0 Å². The highest BCUT2D eigenvalue weighted by molar-refractivity contribution is 6.00. The fourth-order valence-corrected chi connectivity index (χ4v) is 3.41. The largest absolute Gasteiger partial charge is 0.290 e. The molecule has 1 heteroatoms. The molecule has 0 heterocycles. The van der Waals surface area contributed by atoms with Crippen LogP contribution in [-0.2, 0) is 4.79 Å². The minimum absolute atomic E-state index is 0.218. The summed E-state index contributed by atoms with van der Waals surface area (Å²) in [5.41, 5.74) is 2.66. The van der Waals surface area contributed by atoms with Crippen LogP contribution in [0.2, 0.25) is 0 Å². The van der Waals surface area contributed by atoms with Crippen molar-refractivity contribution >= 4 is 5.78 Å². The van der Waals surface area contributed by atoms with E-state index in [9.17, 15) is 4.79 Å². The predicted octanol–water partition coefficient (Wildman–Crippen LogP) is 8.73. The lowest BCUT2D eigenvalue weighted by atomic mass is 10.00. The molecule has 0 atom stereocenters. The Hall–Kier alpha value is -0.850. The van der Waals surface area contributed by atoms with Crippen LogP contribution in [0.4, 0.5) is 0 Å². The number of hydrogen-bond donors (Lipinski definition) is 0. The molecule has 0 bridgehead atoms. The number of allylic oxidation sites excluding steroid dienone is 4. The fraction of sp³-hybridized carbons (Fsp3) is 0.800. The Balaban J connectivity index is 4.20. The molecule has 0 spiro atoms. The summed E-state index contributed by atoms with van der Waals surface area (Å²) in [5, 5.41) is 0. The lowest BCUT2D eigenvalue weighted by molar-refractivity contribution is -0.110. The monoisotopic (exact) mass is 362 g/mol. The Morgan fingerprint density at radius 3 is 1.23 bits per heavy atom. The molecule has 1 nitrogen and oxygen atoms in total. The lowest BCUT2D eigenvalue weighted by Crippen LogP contribution is -1.95. The fourth-order valence-electron chi connectivity index (χ4n) is 3.41. The number of unbranched alkanes of at least 4 members (excludes halogenated alkanes) is 10. The van der Waals surface area contributed by atoms with Crippen molar-refractivity contribution in [3.63, 3.8) is 0 Å². The molecule has 0 radical (unpaired) electrons. The Morgan fingerprint density at radius 2 is 0.885 bits per heavy atom. The molecule has 0 saturated heterocycles. The SMILES string of the molecule is CCCCCCCCC(=CC(=O)C=C(CC)CCCCCCCC)CC. The van der Waals surface area contributed by atoms with Gasteiger partial charge in [-0.15, -0.1) is 0 Å². The van der Waals surface area contributed by atoms with Crippen LogP contribution < -0.4 is 0 Å². The molecule has 0 aliphatic carbocycles. The zero-order valence-corrected chi connectivity index (χ0v) is 18.4. The van der Waals surface area contributed by atoms with Gasteiger partial charge in [0.2, 0.25) is 0 Å². The third kappa shape index (κ3) is 15.4. The summed E-state index contributed by atoms with van der Waals surface area (Å²) in [6.45, 7) is 8.87. The van der Waals surface area contributed by atoms with Gasteiger partial charge >= 0.3 is 0 Å². The van der Waals surface area contributed by atoms with Gasteiger partial charge in [0, 0.05) is 0 Å². The maximum absolute atomic E-state index is 12.4. The Labute approximate surface area is 164 Å². The van der Waals surface area contributed by atoms with E-state index < -0.39 is 0 Å². The van der Waals surface area contributed by atoms with Crippen molar-refractivity contribution in [1.29, 1.82) is 0 Å². The first kappa shape index (κ1) is 25.1. The van der Waals surface area contributed by atoms with Crippen molar-refractivity contribution in [2.45, 2.75) is 130 Å². The minimum Gasteiger partial charge on any atom is -0.290 e. The lowest BCUT2D eigenvalue weighted by Gasteiger charge is -2.06. The summed E-state index contributed by atoms with van der Waals surface area (Å²) < 4.78 is 0. The van der Waals surface area contributed by atoms with Crippen LogP contribution in [0.1, 0.15) is 130 Å². The van der Waals surface area contributed by atoms with Gasteiger partial charge in [0.15, 0.2) is 5.78 Å². The molecule has 152 valence electrons. The van der Waals surface area contributed by atoms with E-state index in [0.717, 1.165) is 25.7 Å². The number of rotatable bonds is 18. The van der Waals surface area contributed by atoms with E-state index in [1.807, 2.05) is 12.2 Å². The Morgan fingerprint density at radius 1 is 0.538 bits per heavy atom. The van der Waals surface area contributed by atoms with Crippen LogP contribution in [0.15, 0.2) is 23.3 Å². The quantitative estimate of drug-likeness (QED) is 0.176. The van der Waals surface area contributed by atoms with Gasteiger partial charge in [0.1, 0.15) is 0 Å². The van der Waals surface area contributed by atoms with Crippen molar-refractivity contribution in [2.24, 2.45) is 0 Å². The molecule has 0 unspecified atom stereocenters. The molecular weight excluding hydrogens is 316 g/mol. The van der Waals surface area contributed by atoms with E-state index >= 15 is 0 Å². The number of carbonyl (C=O) groups is 1. The summed E-state index contributed by atoms with van der Waals surface area (Å²) in [6, 6.07) is 0. The van der Waals surface area contributed by atoms with Crippen molar-refractivity contribution in [3.05, 3.63) is 23.3 Å². The molecule has 0 aromatic heterocycles. The van der Waals surface area contributed by atoms with Crippen LogP contribution in [0.3, 0.4) is 0 Å². The highest BCUT2D eigenvalue weighted by Gasteiger charge is 2.02. The van der Waals surface area contributed by atoms with E-state index in [2.05, 4.69) is 27.7 Å². The maximum atomic E-state index is 12.4. The van der Waals surface area contributed by atoms with E-state index in [0.29, 0.717) is 0 Å². The van der Waals surface area contributed by atoms with Crippen molar-refractivity contribution in [2.75, 3.05) is 0 Å². The van der Waals surface area contributed by atoms with Gasteiger partial charge in [-0.1, -0.05) is 103 Å². The second kappa shape index (κ2) is 18.9. The summed E-state index contributed by atoms with van der Waals surface area (Å²) in [7, 11) is 0. The van der Waals surface area contributed by atoms with Gasteiger partial charge in [0.25, 0.3) is 0 Å². The molecular formula is C25H46O. The molecule has 0 aliphatic rings. The molecule has 0 aliphatic heterocycles. The number of carbonyl (C=O) groups excluding carboxylic acids is 1. The van der Waals surface area contributed by atoms with Crippen molar-refractivity contribution in [1.82, 2.24) is 0 Å². The molecule has 26 heavy (non-hydrogen) atoms. The number of hydrogen-bond acceptors (Lipinski definition) is 1. The molecule has 0 saturated carbocycles. The first-order valence-corrected chi connectivity index (χ1v) is 11.6. The molecule has 0 aromatic rings. The van der Waals surface area contributed by atoms with E-state index in [-0.39, 0.29) is 5.78 Å². The van der Waals surface area contributed by atoms with Crippen LogP contribution in [0.5, 0.6) is 0 Å². The Kier molecular flexibility index (Phi) is 18.3. The Bertz CT molecular complexity index is 353. The molecule has 0 amide bonds. The van der Waals surface area contributed by atoms with Crippen LogP contribution in [-0.4, -0.2) is 5.78 Å². The summed E-state index contributed by atoms with van der Waals surface area (Å²) in [5.74, 6) is 0.218. The second-order valence-corrected chi connectivity index (χ2v) is 7.75. The first-order chi connectivity index (χ1) is 12.7. The summed E-state index contributed by atoms with van der Waals surface area (Å²) in [6.07, 6.45) is 23.9. The van der Waals surface area contributed by atoms with Gasteiger partial charge in [-0.2, -0.15) is 0 Å². The molecule has 0 N–H and O–H groups in total. The minimum atomic E-state index is 0.218. The first-order valence-electron chi connectivity index (χ1n) is 11.6. The van der Waals surface area contributed by atoms with E-state index in [1.165, 1.54) is 88.2 Å². The zero-order valence-electron chi connectivity index (χ0n) is 18.4. The highest BCUT2D eigenvalue weighted by Crippen LogP contribution is 2.17. The smallest absolute Gasteiger partial charge is 0.178 e. The third-order valence-electron chi connectivity index (χ3n) is 5.30. The van der Waals surface area contributed by atoms with Gasteiger partial charge in [-0.25, -0.2) is 0 Å². The average Bonchev–Trinajstić information content (AvgIpc) is 2.65. The topological polar surface area (TPSA) is 17.1 Å². The van der Waals surface area contributed by atoms with Gasteiger partial charge in [-0.05, 0) is 50.7 Å². The maximum Gasteiger partial charge on any atom is 0.178 e. The van der Waals surface area contributed by atoms with Gasteiger partial charge in [-0.3, -0.25) is 4.79 Å². The highest BCUT2D eigenvalue weighted by atomic mass is 16.1. The van der Waals surface area contributed by atoms with Crippen LogP contribution >= 0.6 is 0 Å². The average molecular weight is 363 g/mol. The van der Waals surface area contributed by atoms with Gasteiger partial charge in [0.05, 0.1) is 0 Å². The second-order valence-electron chi connectivity index (χ2n) is 7.75. The number of ketones is 1. The normalized spacial score (nSPS) is 12.6. The third-order valence-corrected chi connectivity index (χ3v) is 5.30. The van der Waals surface area contributed by atoms with E-state index in [4.69, 9.17) is 0 Å². The summed E-state index contributed by atoms with van der Waals surface area (Å²) >= 11 is 0. The zero-order chi connectivity index (χ0) is 19.5. The molecule has 0 aromatic carbocycles. The van der Waals surface area contributed by atoms with Crippen LogP contribution in [0, 0.1) is 0 Å². The van der Waals surface area contributed by atoms with E-state index in [1.54, 1.807) is 0 Å². The van der Waals surface area contributed by atoms with Crippen LogP contribution in [0.25, 0.3) is 0 Å². The summed E-state index contributed by atoms with van der Waals surface area (Å²) in [4.78, 5) is 12.4. The van der Waals surface area contributed by atoms with Crippen molar-refractivity contribution in [3.8, 4) is 0 Å². The molecule has 0 rings (SSSR count).